The number of hydrogen-bond acceptors (Lipinski definition) is 5. The minimum Gasteiger partial charge on any atom is -0.872 e. The van der Waals surface area contributed by atoms with Crippen LogP contribution in [0.1, 0.15) is 21.5 Å². The van der Waals surface area contributed by atoms with Crippen LogP contribution in [-0.2, 0) is 4.79 Å². The Morgan fingerprint density at radius 1 is 1.24 bits per heavy atom. The molecule has 0 aromatic heterocycles. The van der Waals surface area contributed by atoms with E-state index in [1.165, 1.54) is 29.2 Å². The summed E-state index contributed by atoms with van der Waals surface area (Å²) in [6.07, 6.45) is 1.66. The molecular formula is C18H12NO4S2-. The molecule has 25 heavy (non-hydrogen) atoms. The number of thioether (sulfide) groups is 1. The topological polar surface area (TPSA) is 80.7 Å². The van der Waals surface area contributed by atoms with Gasteiger partial charge < -0.3 is 10.2 Å². The summed E-state index contributed by atoms with van der Waals surface area (Å²) in [7, 11) is 0. The largest absolute Gasteiger partial charge is 0.872 e. The number of carboxylic acid groups (broad SMARTS) is 1. The molecule has 0 unspecified atom stereocenters. The molecule has 1 aliphatic rings. The van der Waals surface area contributed by atoms with Gasteiger partial charge in [0, 0.05) is 0 Å². The molecular weight excluding hydrogens is 358 g/mol. The number of benzene rings is 2. The standard InChI is InChI=1S/C18H13NO4S2/c1-10-2-5-12(17(22)23)9-14(10)19-16(21)15(25-18(19)24)8-11-3-6-13(20)7-4-11/h2-9,20H,1H3,(H,22,23)/p-1/b15-8-. The van der Waals surface area contributed by atoms with E-state index in [-0.39, 0.29) is 17.2 Å². The average molecular weight is 370 g/mol. The Bertz CT molecular complexity index is 919. The molecule has 5 nitrogen and oxygen atoms in total. The van der Waals surface area contributed by atoms with Crippen LogP contribution in [-0.4, -0.2) is 21.3 Å². The summed E-state index contributed by atoms with van der Waals surface area (Å²) in [4.78, 5) is 25.7. The number of carbonyl (C=O) groups excluding carboxylic acids is 1. The normalized spacial score (nSPS) is 15.9. The summed E-state index contributed by atoms with van der Waals surface area (Å²) in [5.74, 6) is -1.49. The first-order valence-corrected chi connectivity index (χ1v) is 8.48. The first-order valence-electron chi connectivity index (χ1n) is 7.26. The lowest BCUT2D eigenvalue weighted by Crippen LogP contribution is -2.28. The lowest BCUT2D eigenvalue weighted by atomic mass is 10.1. The van der Waals surface area contributed by atoms with Crippen LogP contribution in [0.15, 0.2) is 47.4 Å². The number of carboxylic acids is 1. The maximum absolute atomic E-state index is 12.8. The fourth-order valence-electron chi connectivity index (χ4n) is 2.37. The second-order valence-electron chi connectivity index (χ2n) is 5.39. The monoisotopic (exact) mass is 370 g/mol. The van der Waals surface area contributed by atoms with Crippen LogP contribution >= 0.6 is 24.0 Å². The lowest BCUT2D eigenvalue weighted by Gasteiger charge is -2.17. The van der Waals surface area contributed by atoms with E-state index < -0.39 is 5.97 Å². The number of anilines is 1. The first kappa shape index (κ1) is 17.2. The Labute approximate surface area is 153 Å². The number of thiocarbonyl (C=S) groups is 1. The maximum atomic E-state index is 12.8. The van der Waals surface area contributed by atoms with Crippen LogP contribution in [0.25, 0.3) is 6.08 Å². The molecule has 0 aliphatic carbocycles. The van der Waals surface area contributed by atoms with Gasteiger partial charge in [-0.3, -0.25) is 9.69 Å². The van der Waals surface area contributed by atoms with Crippen LogP contribution < -0.4 is 10.0 Å². The van der Waals surface area contributed by atoms with Gasteiger partial charge >= 0.3 is 5.97 Å². The number of aryl methyl sites for hydroxylation is 1. The molecule has 1 fully saturated rings. The summed E-state index contributed by atoms with van der Waals surface area (Å²) < 4.78 is 0.335. The molecule has 0 radical (unpaired) electrons. The van der Waals surface area contributed by atoms with Crippen molar-refractivity contribution in [3.8, 4) is 5.75 Å². The van der Waals surface area contributed by atoms with Crippen LogP contribution in [0.4, 0.5) is 5.69 Å². The molecule has 0 saturated carbocycles. The molecule has 3 rings (SSSR count). The van der Waals surface area contributed by atoms with Gasteiger partial charge in [-0.05, 0) is 36.3 Å². The highest BCUT2D eigenvalue weighted by Crippen LogP contribution is 2.37. The molecule has 1 saturated heterocycles. The number of nitrogens with zero attached hydrogens (tertiary/aromatic N) is 1. The minimum atomic E-state index is -1.07. The van der Waals surface area contributed by atoms with Crippen LogP contribution in [0.5, 0.6) is 5.75 Å². The fraction of sp³-hybridized carbons (Fsp3) is 0.0556. The van der Waals surface area contributed by atoms with Gasteiger partial charge in [0.2, 0.25) is 0 Å². The smallest absolute Gasteiger partial charge is 0.335 e. The van der Waals surface area contributed by atoms with Gasteiger partial charge in [0.15, 0.2) is 4.32 Å². The van der Waals surface area contributed by atoms with E-state index in [2.05, 4.69) is 0 Å². The Balaban J connectivity index is 1.98. The molecule has 7 heteroatoms. The molecule has 2 aromatic rings. The van der Waals surface area contributed by atoms with E-state index >= 15 is 0 Å². The highest BCUT2D eigenvalue weighted by molar-refractivity contribution is 8.27. The van der Waals surface area contributed by atoms with Crippen molar-refractivity contribution in [2.75, 3.05) is 4.90 Å². The Kier molecular flexibility index (Phi) is 4.61. The van der Waals surface area contributed by atoms with Crippen LogP contribution in [0.2, 0.25) is 0 Å². The number of hydrogen-bond donors (Lipinski definition) is 1. The summed E-state index contributed by atoms with van der Waals surface area (Å²) in [6, 6.07) is 10.7. The van der Waals surface area contributed by atoms with Gasteiger partial charge in [-0.25, -0.2) is 4.79 Å². The van der Waals surface area contributed by atoms with Crippen molar-refractivity contribution in [2.24, 2.45) is 0 Å². The van der Waals surface area contributed by atoms with E-state index in [0.29, 0.717) is 14.9 Å². The van der Waals surface area contributed by atoms with Crippen LogP contribution in [0.3, 0.4) is 0 Å². The van der Waals surface area contributed by atoms with Gasteiger partial charge in [-0.2, -0.15) is 0 Å². The van der Waals surface area contributed by atoms with Crippen molar-refractivity contribution in [3.63, 3.8) is 0 Å². The molecule has 1 N–H and O–H groups in total. The maximum Gasteiger partial charge on any atom is 0.335 e. The van der Waals surface area contributed by atoms with Gasteiger partial charge in [-0.15, -0.1) is 5.75 Å². The van der Waals surface area contributed by atoms with Gasteiger partial charge in [-0.1, -0.05) is 54.3 Å². The Hall–Kier alpha value is -2.64. The van der Waals surface area contributed by atoms with E-state index in [1.54, 1.807) is 31.2 Å². The number of aromatic carboxylic acids is 1. The minimum absolute atomic E-state index is 0.0877. The van der Waals surface area contributed by atoms with E-state index in [1.807, 2.05) is 0 Å². The SMILES string of the molecule is Cc1ccc(C(=O)O)cc1N1C(=O)/C(=C/c2ccc([O-])cc2)SC1=S. The van der Waals surface area contributed by atoms with Crippen molar-refractivity contribution < 1.29 is 19.8 Å². The first-order chi connectivity index (χ1) is 11.9. The summed E-state index contributed by atoms with van der Waals surface area (Å²) >= 11 is 6.45. The predicted molar refractivity (Wildman–Crippen MR) is 99.7 cm³/mol. The third-order valence-electron chi connectivity index (χ3n) is 3.67. The predicted octanol–water partition coefficient (Wildman–Crippen LogP) is 3.17. The van der Waals surface area contributed by atoms with Gasteiger partial charge in [0.25, 0.3) is 5.91 Å². The van der Waals surface area contributed by atoms with Crippen molar-refractivity contribution >= 4 is 51.9 Å². The number of amides is 1. The van der Waals surface area contributed by atoms with Crippen molar-refractivity contribution in [3.05, 3.63) is 64.1 Å². The Morgan fingerprint density at radius 2 is 1.92 bits per heavy atom. The van der Waals surface area contributed by atoms with Gasteiger partial charge in [0.05, 0.1) is 16.2 Å². The third-order valence-corrected chi connectivity index (χ3v) is 4.97. The van der Waals surface area contributed by atoms with Crippen LogP contribution in [0, 0.1) is 6.92 Å². The number of carbonyl (C=O) groups is 2. The average Bonchev–Trinajstić information content (AvgIpc) is 2.84. The molecule has 126 valence electrons. The molecule has 1 amide bonds. The molecule has 0 bridgehead atoms. The highest BCUT2D eigenvalue weighted by Gasteiger charge is 2.34. The van der Waals surface area contributed by atoms with E-state index in [0.717, 1.165) is 22.9 Å². The zero-order valence-corrected chi connectivity index (χ0v) is 14.7. The summed E-state index contributed by atoms with van der Waals surface area (Å²) in [5, 5.41) is 20.3. The van der Waals surface area contributed by atoms with E-state index in [9.17, 15) is 14.7 Å². The zero-order valence-electron chi connectivity index (χ0n) is 13.1. The molecule has 2 aromatic carbocycles. The second kappa shape index (κ2) is 6.70. The molecule has 0 spiro atoms. The van der Waals surface area contributed by atoms with Crippen molar-refractivity contribution in [1.82, 2.24) is 0 Å². The lowest BCUT2D eigenvalue weighted by molar-refractivity contribution is -0.268. The molecule has 1 heterocycles. The molecule has 0 atom stereocenters. The quantitative estimate of drug-likeness (QED) is 0.660. The third kappa shape index (κ3) is 3.42. The number of rotatable bonds is 3. The van der Waals surface area contributed by atoms with E-state index in [4.69, 9.17) is 17.3 Å². The van der Waals surface area contributed by atoms with Crippen molar-refractivity contribution in [1.29, 1.82) is 0 Å². The Morgan fingerprint density at radius 3 is 2.56 bits per heavy atom. The summed E-state index contributed by atoms with van der Waals surface area (Å²) in [6.45, 7) is 1.79. The fourth-order valence-corrected chi connectivity index (χ4v) is 3.66. The van der Waals surface area contributed by atoms with Gasteiger partial charge in [0.1, 0.15) is 0 Å². The highest BCUT2D eigenvalue weighted by atomic mass is 32.2. The van der Waals surface area contributed by atoms with Crippen molar-refractivity contribution in [2.45, 2.75) is 6.92 Å². The zero-order chi connectivity index (χ0) is 18.1. The summed E-state index contributed by atoms with van der Waals surface area (Å²) in [5.41, 5.74) is 2.01. The second-order valence-corrected chi connectivity index (χ2v) is 7.07. The molecule has 1 aliphatic heterocycles.